The second kappa shape index (κ2) is 10.3. The molecular formula is C30H30BrNO7. The van der Waals surface area contributed by atoms with E-state index < -0.39 is 29.6 Å². The quantitative estimate of drug-likeness (QED) is 0.206. The number of amides is 2. The van der Waals surface area contributed by atoms with Crippen molar-refractivity contribution in [3.05, 3.63) is 62.2 Å². The minimum Gasteiger partial charge on any atom is -0.507 e. The Kier molecular flexibility index (Phi) is 7.22. The summed E-state index contributed by atoms with van der Waals surface area (Å²) in [6, 6.07) is 3.65. The van der Waals surface area contributed by atoms with E-state index in [-0.39, 0.29) is 53.0 Å². The lowest BCUT2D eigenvalue weighted by atomic mass is 9.59. The van der Waals surface area contributed by atoms with Crippen LogP contribution in [0.5, 0.6) is 5.75 Å². The molecule has 2 amide bonds. The highest BCUT2D eigenvalue weighted by molar-refractivity contribution is 9.12. The van der Waals surface area contributed by atoms with E-state index in [0.717, 1.165) is 11.1 Å². The molecule has 0 spiro atoms. The molecule has 4 atom stereocenters. The fourth-order valence-electron chi connectivity index (χ4n) is 6.75. The Morgan fingerprint density at radius 1 is 1.03 bits per heavy atom. The lowest BCUT2D eigenvalue weighted by Gasteiger charge is -2.42. The first kappa shape index (κ1) is 27.2. The van der Waals surface area contributed by atoms with E-state index in [0.29, 0.717) is 48.0 Å². The monoisotopic (exact) mass is 595 g/mol. The number of ketones is 2. The number of phenols is 1. The van der Waals surface area contributed by atoms with Crippen molar-refractivity contribution in [1.82, 2.24) is 4.90 Å². The number of phenolic OH excluding ortho intramolecular Hbond substituents is 1. The van der Waals surface area contributed by atoms with Crippen LogP contribution in [0.3, 0.4) is 0 Å². The second-order valence-corrected chi connectivity index (χ2v) is 11.8. The van der Waals surface area contributed by atoms with Crippen LogP contribution in [0.1, 0.15) is 61.1 Å². The molecule has 0 aromatic heterocycles. The molecule has 1 aliphatic heterocycles. The topological polar surface area (TPSA) is 129 Å². The van der Waals surface area contributed by atoms with Gasteiger partial charge in [0.25, 0.3) is 0 Å². The molecule has 39 heavy (non-hydrogen) atoms. The van der Waals surface area contributed by atoms with E-state index in [4.69, 9.17) is 5.11 Å². The number of nitrogens with zero attached hydrogens (tertiary/aromatic N) is 1. The van der Waals surface area contributed by atoms with Crippen LogP contribution in [0.4, 0.5) is 0 Å². The van der Waals surface area contributed by atoms with Gasteiger partial charge in [0.1, 0.15) is 5.75 Å². The number of fused-ring (bicyclic) bond motifs is 3. The SMILES string of the molecule is Cc1cc([C@H]2C3=CC[C@@H]4C(=O)N(CCCCCC(=O)O)C(=O)[C@@H]4[C@@H]3CC3=C2C(=O)C=C(Br)C3=O)cc(C)c1O. The van der Waals surface area contributed by atoms with Crippen LogP contribution in [0.2, 0.25) is 0 Å². The molecule has 0 radical (unpaired) electrons. The van der Waals surface area contributed by atoms with E-state index in [9.17, 15) is 29.1 Å². The highest BCUT2D eigenvalue weighted by atomic mass is 79.9. The summed E-state index contributed by atoms with van der Waals surface area (Å²) in [6.07, 6.45) is 5.51. The first-order valence-electron chi connectivity index (χ1n) is 13.3. The minimum absolute atomic E-state index is 0.0499. The van der Waals surface area contributed by atoms with Crippen molar-refractivity contribution < 1.29 is 34.2 Å². The largest absolute Gasteiger partial charge is 0.507 e. The molecule has 1 saturated heterocycles. The number of rotatable bonds is 7. The zero-order chi connectivity index (χ0) is 28.2. The number of carbonyl (C=O) groups is 5. The number of carbonyl (C=O) groups excluding carboxylic acids is 4. The van der Waals surface area contributed by atoms with Gasteiger partial charge in [-0.25, -0.2) is 0 Å². The number of carboxylic acids is 1. The average Bonchev–Trinajstić information content (AvgIpc) is 3.13. The Morgan fingerprint density at radius 2 is 1.72 bits per heavy atom. The second-order valence-electron chi connectivity index (χ2n) is 10.9. The molecule has 2 N–H and O–H groups in total. The van der Waals surface area contributed by atoms with Gasteiger partial charge in [0, 0.05) is 36.1 Å². The summed E-state index contributed by atoms with van der Waals surface area (Å²) in [7, 11) is 0. The minimum atomic E-state index is -0.871. The molecule has 1 aromatic rings. The van der Waals surface area contributed by atoms with Gasteiger partial charge in [0.15, 0.2) is 11.6 Å². The van der Waals surface area contributed by atoms with Crippen LogP contribution in [0.25, 0.3) is 0 Å². The van der Waals surface area contributed by atoms with Crippen molar-refractivity contribution in [3.8, 4) is 5.75 Å². The van der Waals surface area contributed by atoms with Gasteiger partial charge in [-0.2, -0.15) is 0 Å². The van der Waals surface area contributed by atoms with Crippen LogP contribution in [0, 0.1) is 31.6 Å². The van der Waals surface area contributed by atoms with Crippen LogP contribution in [-0.4, -0.2) is 51.0 Å². The number of aryl methyl sites for hydroxylation is 2. The molecule has 1 heterocycles. The third kappa shape index (κ3) is 4.60. The maximum atomic E-state index is 13.7. The zero-order valence-electron chi connectivity index (χ0n) is 21.8. The molecule has 9 heteroatoms. The highest BCUT2D eigenvalue weighted by Crippen LogP contribution is 2.55. The maximum Gasteiger partial charge on any atom is 0.303 e. The Balaban J connectivity index is 1.52. The first-order valence-corrected chi connectivity index (χ1v) is 14.1. The molecule has 0 bridgehead atoms. The summed E-state index contributed by atoms with van der Waals surface area (Å²) in [6.45, 7) is 3.81. The van der Waals surface area contributed by atoms with E-state index in [1.807, 2.05) is 18.2 Å². The van der Waals surface area contributed by atoms with E-state index >= 15 is 0 Å². The molecule has 1 aromatic carbocycles. The Hall–Kier alpha value is -3.33. The molecular weight excluding hydrogens is 566 g/mol. The van der Waals surface area contributed by atoms with Gasteiger partial charge < -0.3 is 10.2 Å². The third-order valence-corrected chi connectivity index (χ3v) is 9.13. The first-order chi connectivity index (χ1) is 18.5. The van der Waals surface area contributed by atoms with Crippen molar-refractivity contribution in [2.24, 2.45) is 17.8 Å². The Morgan fingerprint density at radius 3 is 2.38 bits per heavy atom. The molecule has 4 aliphatic rings. The summed E-state index contributed by atoms with van der Waals surface area (Å²) < 4.78 is 0.180. The van der Waals surface area contributed by atoms with E-state index in [2.05, 4.69) is 15.9 Å². The van der Waals surface area contributed by atoms with Crippen molar-refractivity contribution in [1.29, 1.82) is 0 Å². The number of benzene rings is 1. The lowest BCUT2D eigenvalue weighted by Crippen LogP contribution is -2.39. The number of hydrogen-bond donors (Lipinski definition) is 2. The predicted octanol–water partition coefficient (Wildman–Crippen LogP) is 4.42. The lowest BCUT2D eigenvalue weighted by molar-refractivity contribution is -0.141. The number of carboxylic acid groups (broad SMARTS) is 1. The number of hydrogen-bond acceptors (Lipinski definition) is 6. The van der Waals surface area contributed by atoms with Crippen molar-refractivity contribution in [2.45, 2.75) is 58.3 Å². The number of aromatic hydroxyl groups is 1. The molecule has 1 fully saturated rings. The molecule has 5 rings (SSSR count). The number of likely N-dealkylation sites (tertiary alicyclic amines) is 1. The van der Waals surface area contributed by atoms with Gasteiger partial charge in [-0.3, -0.25) is 28.9 Å². The number of unbranched alkanes of at least 4 members (excludes halogenated alkanes) is 2. The van der Waals surface area contributed by atoms with Gasteiger partial charge in [-0.1, -0.05) is 30.2 Å². The molecule has 3 aliphatic carbocycles. The molecule has 8 nitrogen and oxygen atoms in total. The summed E-state index contributed by atoms with van der Waals surface area (Å²) in [5.74, 6) is -3.85. The molecule has 0 unspecified atom stereocenters. The predicted molar refractivity (Wildman–Crippen MR) is 145 cm³/mol. The van der Waals surface area contributed by atoms with Crippen LogP contribution in [-0.2, 0) is 24.0 Å². The van der Waals surface area contributed by atoms with Crippen LogP contribution >= 0.6 is 15.9 Å². The number of aliphatic carboxylic acids is 1. The summed E-state index contributed by atoms with van der Waals surface area (Å²) in [5.41, 5.74) is 3.71. The van der Waals surface area contributed by atoms with Crippen molar-refractivity contribution in [3.63, 3.8) is 0 Å². The summed E-state index contributed by atoms with van der Waals surface area (Å²) in [4.78, 5) is 65.8. The van der Waals surface area contributed by atoms with E-state index in [1.54, 1.807) is 13.8 Å². The molecule has 204 valence electrons. The maximum absolute atomic E-state index is 13.7. The van der Waals surface area contributed by atoms with Crippen molar-refractivity contribution in [2.75, 3.05) is 6.54 Å². The number of Topliss-reactive ketones (excluding diaryl/α,β-unsaturated/α-hetero) is 1. The van der Waals surface area contributed by atoms with Gasteiger partial charge >= 0.3 is 5.97 Å². The van der Waals surface area contributed by atoms with Gasteiger partial charge in [-0.05, 0) is 78.1 Å². The molecule has 0 saturated carbocycles. The Bertz CT molecular complexity index is 1390. The number of allylic oxidation sites excluding steroid dienone is 6. The fourth-order valence-corrected chi connectivity index (χ4v) is 7.20. The normalized spacial score (nSPS) is 26.3. The summed E-state index contributed by atoms with van der Waals surface area (Å²) >= 11 is 3.23. The summed E-state index contributed by atoms with van der Waals surface area (Å²) in [5, 5.41) is 19.2. The third-order valence-electron chi connectivity index (χ3n) is 8.54. The number of halogens is 1. The van der Waals surface area contributed by atoms with Gasteiger partial charge in [0.2, 0.25) is 11.8 Å². The fraction of sp³-hybridized carbons (Fsp3) is 0.433. The Labute approximate surface area is 234 Å². The van der Waals surface area contributed by atoms with Crippen LogP contribution in [0.15, 0.2) is 45.5 Å². The standard InChI is InChI=1S/C30H30BrNO7/c1-14-10-16(11-15(2)27(14)36)24-17-7-8-18-25(19(17)12-20-26(24)22(33)13-21(31)28(20)37)30(39)32(29(18)38)9-5-3-4-6-23(34)35/h7,10-11,13,18-19,24-25,36H,3-6,8-9,12H2,1-2H3,(H,34,35)/t18-,19+,24-,25-/m0/s1. The number of imide groups is 1. The van der Waals surface area contributed by atoms with Gasteiger partial charge in [-0.15, -0.1) is 0 Å². The smallest absolute Gasteiger partial charge is 0.303 e. The van der Waals surface area contributed by atoms with E-state index in [1.165, 1.54) is 11.0 Å². The highest BCUT2D eigenvalue weighted by Gasteiger charge is 2.56. The van der Waals surface area contributed by atoms with Crippen LogP contribution < -0.4 is 0 Å². The van der Waals surface area contributed by atoms with Gasteiger partial charge in [0.05, 0.1) is 16.3 Å². The van der Waals surface area contributed by atoms with Crippen molar-refractivity contribution >= 4 is 45.3 Å². The zero-order valence-corrected chi connectivity index (χ0v) is 23.4. The average molecular weight is 596 g/mol.